The third kappa shape index (κ3) is 9.03. The van der Waals surface area contributed by atoms with Gasteiger partial charge < -0.3 is 23.9 Å². The molecular weight excluding hydrogens is 643 g/mol. The predicted molar refractivity (Wildman–Crippen MR) is 196 cm³/mol. The fourth-order valence-corrected chi connectivity index (χ4v) is 6.42. The largest absolute Gasteiger partial charge is 0.598 e. The van der Waals surface area contributed by atoms with Crippen LogP contribution in [0.25, 0.3) is 28.0 Å². The van der Waals surface area contributed by atoms with Gasteiger partial charge >= 0.3 is 0 Å². The summed E-state index contributed by atoms with van der Waals surface area (Å²) in [6.07, 6.45) is 2.69. The zero-order valence-corrected chi connectivity index (χ0v) is 32.2. The van der Waals surface area contributed by atoms with Gasteiger partial charge in [-0.2, -0.15) is 5.10 Å². The van der Waals surface area contributed by atoms with Crippen molar-refractivity contribution >= 4 is 30.6 Å². The fourth-order valence-electron chi connectivity index (χ4n) is 4.66. The number of nitrogens with one attached hydrogen (secondary N) is 1. The average molecular weight is 696 g/mol. The SMILES string of the molecule is CCCC(O)(N[S@+]([O-])C(C)(C)C)c1cccc(-c2cc(OCC(C)(C)O)c3cnn(-c4cccc(CO[Si](C)(C)C(C)(C)C)n4)c3c2)n1. The molecule has 0 bridgehead atoms. The van der Waals surface area contributed by atoms with E-state index >= 15 is 0 Å². The van der Waals surface area contributed by atoms with Crippen LogP contribution in [0.4, 0.5) is 0 Å². The summed E-state index contributed by atoms with van der Waals surface area (Å²) in [5.41, 5.74) is 0.523. The minimum Gasteiger partial charge on any atom is -0.598 e. The van der Waals surface area contributed by atoms with E-state index in [1.165, 1.54) is 0 Å². The lowest BCUT2D eigenvalue weighted by atomic mass is 10.0. The summed E-state index contributed by atoms with van der Waals surface area (Å²) in [4.78, 5) is 9.80. The molecule has 0 spiro atoms. The van der Waals surface area contributed by atoms with E-state index in [9.17, 15) is 14.8 Å². The molecule has 0 saturated heterocycles. The maximum absolute atomic E-state index is 13.1. The molecule has 1 aromatic carbocycles. The van der Waals surface area contributed by atoms with Gasteiger partial charge in [0.2, 0.25) is 0 Å². The van der Waals surface area contributed by atoms with Crippen molar-refractivity contribution < 1.29 is 23.9 Å². The van der Waals surface area contributed by atoms with E-state index in [1.54, 1.807) is 30.8 Å². The van der Waals surface area contributed by atoms with Gasteiger partial charge in [0.05, 0.1) is 46.4 Å². The molecule has 0 aliphatic rings. The highest BCUT2D eigenvalue weighted by atomic mass is 32.2. The van der Waals surface area contributed by atoms with E-state index in [2.05, 4.69) is 38.6 Å². The molecule has 3 heterocycles. The zero-order chi connectivity index (χ0) is 35.7. The maximum atomic E-state index is 13.1. The van der Waals surface area contributed by atoms with Gasteiger partial charge in [-0.25, -0.2) is 14.6 Å². The Morgan fingerprint density at radius 2 is 1.65 bits per heavy atom. The first-order chi connectivity index (χ1) is 22.1. The van der Waals surface area contributed by atoms with Crippen molar-refractivity contribution in [3.05, 3.63) is 66.1 Å². The Morgan fingerprint density at radius 1 is 0.958 bits per heavy atom. The van der Waals surface area contributed by atoms with Gasteiger partial charge in [0, 0.05) is 16.9 Å². The number of benzene rings is 1. The van der Waals surface area contributed by atoms with Crippen molar-refractivity contribution in [3.8, 4) is 22.8 Å². The van der Waals surface area contributed by atoms with Crippen LogP contribution < -0.4 is 9.46 Å². The van der Waals surface area contributed by atoms with Gasteiger partial charge in [0.15, 0.2) is 19.9 Å². The Morgan fingerprint density at radius 3 is 2.27 bits per heavy atom. The summed E-state index contributed by atoms with van der Waals surface area (Å²) < 4.78 is 29.8. The second-order valence-corrected chi connectivity index (χ2v) is 22.4. The molecule has 0 aliphatic carbocycles. The monoisotopic (exact) mass is 695 g/mol. The van der Waals surface area contributed by atoms with Crippen molar-refractivity contribution in [2.24, 2.45) is 0 Å². The Kier molecular flexibility index (Phi) is 11.2. The molecule has 262 valence electrons. The summed E-state index contributed by atoms with van der Waals surface area (Å²) >= 11 is -1.53. The number of nitrogens with zero attached hydrogens (tertiary/aromatic N) is 4. The summed E-state index contributed by atoms with van der Waals surface area (Å²) in [6, 6.07) is 15.1. The van der Waals surface area contributed by atoms with E-state index in [1.807, 2.05) is 70.2 Å². The number of aromatic nitrogens is 4. The van der Waals surface area contributed by atoms with Gasteiger partial charge in [-0.15, -0.1) is 4.72 Å². The van der Waals surface area contributed by atoms with Crippen molar-refractivity contribution in [1.82, 2.24) is 24.5 Å². The van der Waals surface area contributed by atoms with E-state index in [4.69, 9.17) is 24.2 Å². The molecule has 0 radical (unpaired) electrons. The van der Waals surface area contributed by atoms with Crippen LogP contribution in [0.15, 0.2) is 54.7 Å². The Hall–Kier alpha value is -2.84. The van der Waals surface area contributed by atoms with Gasteiger partial charge in [0.25, 0.3) is 0 Å². The normalized spacial score (nSPS) is 15.0. The van der Waals surface area contributed by atoms with Crippen molar-refractivity contribution in [2.45, 2.75) is 116 Å². The van der Waals surface area contributed by atoms with Crippen LogP contribution in [0, 0.1) is 0 Å². The number of aliphatic hydroxyl groups is 2. The van der Waals surface area contributed by atoms with Crippen LogP contribution in [0.3, 0.4) is 0 Å². The number of rotatable bonds is 13. The Bertz CT molecular complexity index is 1710. The van der Waals surface area contributed by atoms with Gasteiger partial charge in [-0.05, 0) is 95.6 Å². The minimum absolute atomic E-state index is 0.0571. The molecule has 4 rings (SSSR count). The van der Waals surface area contributed by atoms with E-state index in [0.717, 1.165) is 16.6 Å². The topological polar surface area (TPSA) is 138 Å². The van der Waals surface area contributed by atoms with Crippen LogP contribution in [-0.4, -0.2) is 59.8 Å². The lowest BCUT2D eigenvalue weighted by molar-refractivity contribution is 0.0100. The molecule has 10 nitrogen and oxygen atoms in total. The third-order valence-corrected chi connectivity index (χ3v) is 14.6. The Labute approximate surface area is 289 Å². The number of hydrogen-bond acceptors (Lipinski definition) is 9. The average Bonchev–Trinajstić information content (AvgIpc) is 3.42. The smallest absolute Gasteiger partial charge is 0.200 e. The lowest BCUT2D eigenvalue weighted by Crippen LogP contribution is -2.51. The molecule has 3 aromatic heterocycles. The highest BCUT2D eigenvalue weighted by molar-refractivity contribution is 7.90. The lowest BCUT2D eigenvalue weighted by Gasteiger charge is -2.36. The summed E-state index contributed by atoms with van der Waals surface area (Å²) in [7, 11) is -1.98. The van der Waals surface area contributed by atoms with E-state index in [-0.39, 0.29) is 11.6 Å². The molecule has 48 heavy (non-hydrogen) atoms. The number of ether oxygens (including phenoxy) is 1. The molecular formula is C36H53N5O5SSi. The molecule has 0 amide bonds. The highest BCUT2D eigenvalue weighted by Crippen LogP contribution is 2.38. The number of hydrogen-bond donors (Lipinski definition) is 3. The first-order valence-corrected chi connectivity index (χ1v) is 20.6. The van der Waals surface area contributed by atoms with Crippen LogP contribution in [0.2, 0.25) is 18.1 Å². The van der Waals surface area contributed by atoms with E-state index < -0.39 is 35.8 Å². The van der Waals surface area contributed by atoms with Crippen molar-refractivity contribution in [3.63, 3.8) is 0 Å². The predicted octanol–water partition coefficient (Wildman–Crippen LogP) is 7.15. The molecule has 2 atom stereocenters. The molecule has 12 heteroatoms. The van der Waals surface area contributed by atoms with Crippen molar-refractivity contribution in [2.75, 3.05) is 6.61 Å². The summed E-state index contributed by atoms with van der Waals surface area (Å²) in [5, 5.41) is 27.8. The van der Waals surface area contributed by atoms with Crippen molar-refractivity contribution in [1.29, 1.82) is 0 Å². The quantitative estimate of drug-likeness (QED) is 0.0756. The molecule has 4 aromatic rings. The fraction of sp³-hybridized carbons (Fsp3) is 0.528. The summed E-state index contributed by atoms with van der Waals surface area (Å²) in [5.74, 6) is 1.15. The second kappa shape index (κ2) is 14.2. The maximum Gasteiger partial charge on any atom is 0.200 e. The van der Waals surface area contributed by atoms with Gasteiger partial charge in [0.1, 0.15) is 17.1 Å². The number of fused-ring (bicyclic) bond motifs is 1. The van der Waals surface area contributed by atoms with Crippen LogP contribution >= 0.6 is 0 Å². The molecule has 3 N–H and O–H groups in total. The molecule has 0 saturated carbocycles. The van der Waals surface area contributed by atoms with E-state index in [0.29, 0.717) is 48.0 Å². The Balaban J connectivity index is 1.80. The van der Waals surface area contributed by atoms with Crippen LogP contribution in [0.1, 0.15) is 86.5 Å². The minimum atomic E-state index is -1.98. The standard InChI is InChI=1S/C36H53N5O5SSi/c1-12-19-36(43,40-47(44)33(2,3)4)31-17-14-16-28(39-31)25-20-29-27(30(21-25)45-24-35(8,9)42)22-37-41(29)32-18-13-15-26(38-32)23-46-48(10,11)34(5,6)7/h13-18,20-22,40,42-43H,12,19,23-24H2,1-11H3/t36?,47-/m1/s1. The first-order valence-electron chi connectivity index (χ1n) is 16.5. The van der Waals surface area contributed by atoms with Crippen LogP contribution in [-0.2, 0) is 28.1 Å². The van der Waals surface area contributed by atoms with Gasteiger partial charge in [-0.3, -0.25) is 0 Å². The van der Waals surface area contributed by atoms with Gasteiger partial charge in [-0.1, -0.05) is 46.2 Å². The third-order valence-electron chi connectivity index (χ3n) is 8.53. The number of pyridine rings is 2. The summed E-state index contributed by atoms with van der Waals surface area (Å²) in [6.45, 7) is 22.4. The molecule has 0 fully saturated rings. The van der Waals surface area contributed by atoms with Crippen LogP contribution in [0.5, 0.6) is 5.75 Å². The zero-order valence-electron chi connectivity index (χ0n) is 30.3. The molecule has 1 unspecified atom stereocenters. The first kappa shape index (κ1) is 38.0. The highest BCUT2D eigenvalue weighted by Gasteiger charge is 2.40. The molecule has 0 aliphatic heterocycles. The second-order valence-electron chi connectivity index (χ2n) is 15.6.